The van der Waals surface area contributed by atoms with Gasteiger partial charge in [-0.05, 0) is 40.5 Å². The molecule has 2 atom stereocenters. The molecule has 0 bridgehead atoms. The molecular formula is C22H26N4O2S. The van der Waals surface area contributed by atoms with Crippen molar-refractivity contribution in [3.63, 3.8) is 0 Å². The molecule has 1 fully saturated rings. The van der Waals surface area contributed by atoms with Gasteiger partial charge in [-0.1, -0.05) is 56.3 Å². The average Bonchev–Trinajstić information content (AvgIpc) is 3.03. The van der Waals surface area contributed by atoms with E-state index in [1.54, 1.807) is 12.1 Å². The standard InChI is InChI=1S/C22H26N4O2S/c1-22(2)19(20(22)16-9-11-17(12-10-16)29(23,27)28)14-24-21-18(13-25-26(21)3)15-7-5-4-6-8-15/h4-13,19-20,24H,14H2,1-3H3,(H2,23,27,28). The number of nitrogens with two attached hydrogens (primary N) is 1. The van der Waals surface area contributed by atoms with Gasteiger partial charge in [0.1, 0.15) is 5.82 Å². The lowest BCUT2D eigenvalue weighted by Gasteiger charge is -2.10. The van der Waals surface area contributed by atoms with Crippen molar-refractivity contribution in [1.82, 2.24) is 9.78 Å². The maximum Gasteiger partial charge on any atom is 0.238 e. The molecule has 1 saturated carbocycles. The van der Waals surface area contributed by atoms with Gasteiger partial charge in [0.05, 0.1) is 11.1 Å². The molecule has 0 saturated heterocycles. The predicted molar refractivity (Wildman–Crippen MR) is 115 cm³/mol. The molecule has 1 aromatic heterocycles. The maximum atomic E-state index is 11.5. The first kappa shape index (κ1) is 19.7. The molecule has 1 aliphatic carbocycles. The molecule has 0 aliphatic heterocycles. The Labute approximate surface area is 171 Å². The minimum Gasteiger partial charge on any atom is -0.369 e. The normalized spacial score (nSPS) is 20.4. The third kappa shape index (κ3) is 3.68. The minimum atomic E-state index is -3.66. The van der Waals surface area contributed by atoms with E-state index in [1.807, 2.05) is 48.3 Å². The summed E-state index contributed by atoms with van der Waals surface area (Å²) in [5.41, 5.74) is 3.48. The maximum absolute atomic E-state index is 11.5. The van der Waals surface area contributed by atoms with Crippen molar-refractivity contribution >= 4 is 15.8 Å². The van der Waals surface area contributed by atoms with Crippen LogP contribution >= 0.6 is 0 Å². The molecule has 29 heavy (non-hydrogen) atoms. The zero-order valence-electron chi connectivity index (χ0n) is 16.8. The molecule has 2 aromatic carbocycles. The molecule has 3 N–H and O–H groups in total. The Morgan fingerprint density at radius 2 is 1.76 bits per heavy atom. The van der Waals surface area contributed by atoms with Gasteiger partial charge in [0.2, 0.25) is 10.0 Å². The predicted octanol–water partition coefficient (Wildman–Crippen LogP) is 3.59. The van der Waals surface area contributed by atoms with Gasteiger partial charge in [-0.2, -0.15) is 5.10 Å². The number of benzene rings is 2. The summed E-state index contributed by atoms with van der Waals surface area (Å²) in [7, 11) is -1.72. The Balaban J connectivity index is 1.51. The van der Waals surface area contributed by atoms with Gasteiger partial charge < -0.3 is 5.32 Å². The number of rotatable bonds is 6. The molecule has 4 rings (SSSR count). The fourth-order valence-electron chi connectivity index (χ4n) is 4.33. The van der Waals surface area contributed by atoms with Crippen molar-refractivity contribution in [2.45, 2.75) is 24.7 Å². The molecule has 152 valence electrons. The number of sulfonamides is 1. The number of nitrogens with one attached hydrogen (secondary N) is 1. The zero-order valence-corrected chi connectivity index (χ0v) is 17.6. The quantitative estimate of drug-likeness (QED) is 0.650. The number of aromatic nitrogens is 2. The number of hydrogen-bond acceptors (Lipinski definition) is 4. The number of anilines is 1. The third-order valence-electron chi connectivity index (χ3n) is 6.13. The number of nitrogens with zero attached hydrogens (tertiary/aromatic N) is 2. The van der Waals surface area contributed by atoms with Gasteiger partial charge in [0.25, 0.3) is 0 Å². The van der Waals surface area contributed by atoms with E-state index in [0.29, 0.717) is 11.8 Å². The van der Waals surface area contributed by atoms with Crippen LogP contribution < -0.4 is 10.5 Å². The van der Waals surface area contributed by atoms with E-state index in [2.05, 4.69) is 36.4 Å². The van der Waals surface area contributed by atoms with Gasteiger partial charge in [-0.25, -0.2) is 13.6 Å². The van der Waals surface area contributed by atoms with Crippen LogP contribution in [0.4, 0.5) is 5.82 Å². The van der Waals surface area contributed by atoms with E-state index in [0.717, 1.165) is 29.1 Å². The van der Waals surface area contributed by atoms with Gasteiger partial charge in [0.15, 0.2) is 0 Å². The van der Waals surface area contributed by atoms with Crippen LogP contribution in [0.1, 0.15) is 25.3 Å². The summed E-state index contributed by atoms with van der Waals surface area (Å²) >= 11 is 0. The molecule has 1 heterocycles. The highest BCUT2D eigenvalue weighted by molar-refractivity contribution is 7.89. The van der Waals surface area contributed by atoms with E-state index in [9.17, 15) is 8.42 Å². The second kappa shape index (κ2) is 7.00. The van der Waals surface area contributed by atoms with E-state index >= 15 is 0 Å². The highest BCUT2D eigenvalue weighted by atomic mass is 32.2. The summed E-state index contributed by atoms with van der Waals surface area (Å²) < 4.78 is 24.9. The molecule has 0 amide bonds. The molecule has 7 heteroatoms. The average molecular weight is 411 g/mol. The fourth-order valence-corrected chi connectivity index (χ4v) is 4.85. The molecular weight excluding hydrogens is 384 g/mol. The van der Waals surface area contributed by atoms with E-state index in [1.165, 1.54) is 0 Å². The molecule has 0 radical (unpaired) electrons. The topological polar surface area (TPSA) is 90.0 Å². The summed E-state index contributed by atoms with van der Waals surface area (Å²) in [5, 5.41) is 13.2. The summed E-state index contributed by atoms with van der Waals surface area (Å²) in [6.07, 6.45) is 1.89. The highest BCUT2D eigenvalue weighted by Gasteiger charge is 2.57. The third-order valence-corrected chi connectivity index (χ3v) is 7.06. The summed E-state index contributed by atoms with van der Waals surface area (Å²) in [5.74, 6) is 1.79. The van der Waals surface area contributed by atoms with Gasteiger partial charge >= 0.3 is 0 Å². The summed E-state index contributed by atoms with van der Waals surface area (Å²) in [6.45, 7) is 5.31. The van der Waals surface area contributed by atoms with Crippen LogP contribution in [0.15, 0.2) is 65.7 Å². The van der Waals surface area contributed by atoms with Crippen LogP contribution in [0, 0.1) is 11.3 Å². The summed E-state index contributed by atoms with van der Waals surface area (Å²) in [6, 6.07) is 17.2. The van der Waals surface area contributed by atoms with Crippen LogP contribution in [-0.4, -0.2) is 24.7 Å². The van der Waals surface area contributed by atoms with Crippen LogP contribution in [0.5, 0.6) is 0 Å². The second-order valence-corrected chi connectivity index (χ2v) is 9.86. The zero-order chi connectivity index (χ0) is 20.8. The lowest BCUT2D eigenvalue weighted by Crippen LogP contribution is -2.12. The first-order valence-corrected chi connectivity index (χ1v) is 11.2. The molecule has 1 aliphatic rings. The molecule has 6 nitrogen and oxygen atoms in total. The van der Waals surface area contributed by atoms with Gasteiger partial charge in [-0.15, -0.1) is 0 Å². The smallest absolute Gasteiger partial charge is 0.238 e. The molecule has 3 aromatic rings. The monoisotopic (exact) mass is 410 g/mol. The molecule has 0 spiro atoms. The van der Waals surface area contributed by atoms with Crippen LogP contribution in [0.3, 0.4) is 0 Å². The van der Waals surface area contributed by atoms with Crippen molar-refractivity contribution in [2.75, 3.05) is 11.9 Å². The van der Waals surface area contributed by atoms with Gasteiger partial charge in [-0.3, -0.25) is 4.68 Å². The lowest BCUT2D eigenvalue weighted by molar-refractivity contribution is 0.564. The van der Waals surface area contributed by atoms with Crippen molar-refractivity contribution in [1.29, 1.82) is 0 Å². The number of hydrogen-bond donors (Lipinski definition) is 2. The second-order valence-electron chi connectivity index (χ2n) is 8.30. The van der Waals surface area contributed by atoms with Gasteiger partial charge in [0, 0.05) is 19.2 Å². The summed E-state index contributed by atoms with van der Waals surface area (Å²) in [4.78, 5) is 0.150. The first-order chi connectivity index (χ1) is 13.7. The van der Waals surface area contributed by atoms with E-state index in [4.69, 9.17) is 5.14 Å². The molecule has 2 unspecified atom stereocenters. The van der Waals surface area contributed by atoms with E-state index < -0.39 is 10.0 Å². The fraction of sp³-hybridized carbons (Fsp3) is 0.318. The Hall–Kier alpha value is -2.64. The Kier molecular flexibility index (Phi) is 4.75. The van der Waals surface area contributed by atoms with Crippen molar-refractivity contribution in [2.24, 2.45) is 23.5 Å². The van der Waals surface area contributed by atoms with Crippen LogP contribution in [-0.2, 0) is 17.1 Å². The van der Waals surface area contributed by atoms with E-state index in [-0.39, 0.29) is 10.3 Å². The minimum absolute atomic E-state index is 0.127. The Morgan fingerprint density at radius 3 is 2.38 bits per heavy atom. The van der Waals surface area contributed by atoms with Crippen molar-refractivity contribution < 1.29 is 8.42 Å². The Bertz CT molecular complexity index is 1120. The number of aryl methyl sites for hydroxylation is 1. The SMILES string of the molecule is Cn1ncc(-c2ccccc2)c1NCC1C(c2ccc(S(N)(=O)=O)cc2)C1(C)C. The van der Waals surface area contributed by atoms with Crippen molar-refractivity contribution in [3.8, 4) is 11.1 Å². The first-order valence-electron chi connectivity index (χ1n) is 9.63. The largest absolute Gasteiger partial charge is 0.369 e. The Morgan fingerprint density at radius 1 is 1.10 bits per heavy atom. The van der Waals surface area contributed by atoms with Crippen LogP contribution in [0.2, 0.25) is 0 Å². The lowest BCUT2D eigenvalue weighted by atomic mass is 10.0. The van der Waals surface area contributed by atoms with Crippen LogP contribution in [0.25, 0.3) is 11.1 Å². The highest BCUT2D eigenvalue weighted by Crippen LogP contribution is 2.64. The van der Waals surface area contributed by atoms with Crippen molar-refractivity contribution in [3.05, 3.63) is 66.4 Å². The number of primary sulfonamides is 1.